The van der Waals surface area contributed by atoms with Crippen LogP contribution in [0.4, 0.5) is 13.2 Å². The van der Waals surface area contributed by atoms with Gasteiger partial charge in [-0.2, -0.15) is 13.2 Å². The zero-order valence-corrected chi connectivity index (χ0v) is 9.30. The fraction of sp³-hybridized carbons (Fsp3) is 0.700. The maximum atomic E-state index is 12.7. The Bertz CT molecular complexity index is 333. The number of halogens is 3. The van der Waals surface area contributed by atoms with Crippen LogP contribution < -0.4 is 0 Å². The Morgan fingerprint density at radius 3 is 2.44 bits per heavy atom. The predicted octanol–water partition coefficient (Wildman–Crippen LogP) is 2.27. The molecule has 1 heterocycles. The minimum Gasteiger partial charge on any atom is -0.481 e. The summed E-state index contributed by atoms with van der Waals surface area (Å²) >= 11 is 0. The summed E-state index contributed by atoms with van der Waals surface area (Å²) in [6.45, 7) is 3.53. The Morgan fingerprint density at radius 2 is 2.06 bits per heavy atom. The van der Waals surface area contributed by atoms with E-state index < -0.39 is 11.9 Å². The van der Waals surface area contributed by atoms with Gasteiger partial charge in [0.05, 0.1) is 7.11 Å². The second kappa shape index (κ2) is 4.08. The standard InChI is InChI=1S/C10H14F3NO2/c1-6(2)4-7-5-8(16-3)14-9(7,15)10(11,12)13/h5-6,15H,4H2,1-3H3. The van der Waals surface area contributed by atoms with E-state index in [2.05, 4.69) is 9.73 Å². The summed E-state index contributed by atoms with van der Waals surface area (Å²) < 4.78 is 42.7. The average Bonchev–Trinajstić information content (AvgIpc) is 2.43. The van der Waals surface area contributed by atoms with Gasteiger partial charge in [-0.25, -0.2) is 4.99 Å². The Kier molecular flexibility index (Phi) is 3.33. The number of aliphatic hydroxyl groups is 1. The van der Waals surface area contributed by atoms with Crippen molar-refractivity contribution in [2.45, 2.75) is 32.2 Å². The minimum atomic E-state index is -4.83. The average molecular weight is 237 g/mol. The van der Waals surface area contributed by atoms with Gasteiger partial charge in [-0.05, 0) is 17.9 Å². The number of hydrogen-bond donors (Lipinski definition) is 1. The third-order valence-electron chi connectivity index (χ3n) is 2.25. The molecule has 1 rings (SSSR count). The molecule has 0 aromatic heterocycles. The van der Waals surface area contributed by atoms with Crippen LogP contribution in [0, 0.1) is 5.92 Å². The third-order valence-corrected chi connectivity index (χ3v) is 2.25. The van der Waals surface area contributed by atoms with Gasteiger partial charge in [-0.1, -0.05) is 13.8 Å². The van der Waals surface area contributed by atoms with Crippen molar-refractivity contribution < 1.29 is 23.0 Å². The van der Waals surface area contributed by atoms with Crippen LogP contribution in [0.2, 0.25) is 0 Å². The number of methoxy groups -OCH3 is 1. The Morgan fingerprint density at radius 1 is 1.50 bits per heavy atom. The van der Waals surface area contributed by atoms with Crippen LogP contribution in [0.5, 0.6) is 0 Å². The molecule has 6 heteroatoms. The first-order valence-corrected chi connectivity index (χ1v) is 4.84. The summed E-state index contributed by atoms with van der Waals surface area (Å²) in [5.41, 5.74) is -3.30. The smallest absolute Gasteiger partial charge is 0.442 e. The highest BCUT2D eigenvalue weighted by Gasteiger charge is 2.59. The first kappa shape index (κ1) is 13.0. The van der Waals surface area contributed by atoms with E-state index in [1.165, 1.54) is 7.11 Å². The summed E-state index contributed by atoms with van der Waals surface area (Å²) in [5, 5.41) is 9.58. The molecule has 0 bridgehead atoms. The molecule has 0 aromatic carbocycles. The highest BCUT2D eigenvalue weighted by molar-refractivity contribution is 5.91. The van der Waals surface area contributed by atoms with Crippen molar-refractivity contribution >= 4 is 5.90 Å². The van der Waals surface area contributed by atoms with Crippen molar-refractivity contribution in [2.24, 2.45) is 10.9 Å². The van der Waals surface area contributed by atoms with E-state index >= 15 is 0 Å². The van der Waals surface area contributed by atoms with Gasteiger partial charge in [0.15, 0.2) is 0 Å². The third kappa shape index (κ3) is 2.21. The fourth-order valence-corrected chi connectivity index (χ4v) is 1.50. The molecule has 1 unspecified atom stereocenters. The quantitative estimate of drug-likeness (QED) is 0.800. The van der Waals surface area contributed by atoms with Crippen LogP contribution >= 0.6 is 0 Å². The lowest BCUT2D eigenvalue weighted by Gasteiger charge is -2.26. The molecular weight excluding hydrogens is 223 g/mol. The van der Waals surface area contributed by atoms with E-state index in [0.717, 1.165) is 6.08 Å². The van der Waals surface area contributed by atoms with Crippen LogP contribution in [0.3, 0.4) is 0 Å². The van der Waals surface area contributed by atoms with Gasteiger partial charge in [-0.15, -0.1) is 0 Å². The molecule has 1 aliphatic rings. The molecule has 0 aromatic rings. The monoisotopic (exact) mass is 237 g/mol. The number of aliphatic imine (C=N–C) groups is 1. The van der Waals surface area contributed by atoms with Crippen LogP contribution in [0.25, 0.3) is 0 Å². The first-order chi connectivity index (χ1) is 7.20. The van der Waals surface area contributed by atoms with Crippen molar-refractivity contribution in [3.63, 3.8) is 0 Å². The normalized spacial score (nSPS) is 25.8. The highest BCUT2D eigenvalue weighted by Crippen LogP contribution is 2.42. The van der Waals surface area contributed by atoms with Crippen molar-refractivity contribution in [2.75, 3.05) is 7.11 Å². The lowest BCUT2D eigenvalue weighted by atomic mass is 9.95. The second-order valence-corrected chi connectivity index (χ2v) is 4.09. The molecule has 0 saturated heterocycles. The molecule has 3 nitrogen and oxygen atoms in total. The largest absolute Gasteiger partial charge is 0.481 e. The molecule has 0 aliphatic carbocycles. The van der Waals surface area contributed by atoms with Gasteiger partial charge in [0.2, 0.25) is 5.90 Å². The lowest BCUT2D eigenvalue weighted by molar-refractivity contribution is -0.240. The molecule has 0 saturated carbocycles. The summed E-state index contributed by atoms with van der Waals surface area (Å²) in [6, 6.07) is 0. The minimum absolute atomic E-state index is 0.00784. The van der Waals surface area contributed by atoms with Crippen LogP contribution in [0.15, 0.2) is 16.6 Å². The summed E-state index contributed by atoms with van der Waals surface area (Å²) in [5.74, 6) is -0.206. The summed E-state index contributed by atoms with van der Waals surface area (Å²) in [6.07, 6.45) is -3.56. The van der Waals surface area contributed by atoms with Gasteiger partial charge in [0.1, 0.15) is 0 Å². The topological polar surface area (TPSA) is 41.8 Å². The van der Waals surface area contributed by atoms with Crippen molar-refractivity contribution in [3.8, 4) is 0 Å². The molecule has 92 valence electrons. The summed E-state index contributed by atoms with van der Waals surface area (Å²) in [7, 11) is 1.21. The predicted molar refractivity (Wildman–Crippen MR) is 53.0 cm³/mol. The second-order valence-electron chi connectivity index (χ2n) is 4.09. The van der Waals surface area contributed by atoms with Crippen molar-refractivity contribution in [1.82, 2.24) is 0 Å². The zero-order chi connectivity index (χ0) is 12.6. The molecular formula is C10H14F3NO2. The van der Waals surface area contributed by atoms with Crippen LogP contribution in [0.1, 0.15) is 20.3 Å². The zero-order valence-electron chi connectivity index (χ0n) is 9.30. The molecule has 16 heavy (non-hydrogen) atoms. The van der Waals surface area contributed by atoms with Gasteiger partial charge in [-0.3, -0.25) is 0 Å². The van der Waals surface area contributed by atoms with Crippen LogP contribution in [-0.4, -0.2) is 30.0 Å². The van der Waals surface area contributed by atoms with E-state index in [1.54, 1.807) is 13.8 Å². The number of alkyl halides is 3. The van der Waals surface area contributed by atoms with Crippen molar-refractivity contribution in [3.05, 3.63) is 11.6 Å². The Balaban J connectivity index is 3.07. The molecule has 0 spiro atoms. The van der Waals surface area contributed by atoms with E-state index in [-0.39, 0.29) is 23.8 Å². The number of ether oxygens (including phenoxy) is 1. The van der Waals surface area contributed by atoms with Gasteiger partial charge < -0.3 is 9.84 Å². The molecule has 1 N–H and O–H groups in total. The highest BCUT2D eigenvalue weighted by atomic mass is 19.4. The summed E-state index contributed by atoms with van der Waals surface area (Å²) in [4.78, 5) is 3.18. The van der Waals surface area contributed by atoms with Crippen LogP contribution in [-0.2, 0) is 4.74 Å². The molecule has 1 aliphatic heterocycles. The molecule has 0 fully saturated rings. The number of nitrogens with zero attached hydrogens (tertiary/aromatic N) is 1. The maximum Gasteiger partial charge on any atom is 0.442 e. The fourth-order valence-electron chi connectivity index (χ4n) is 1.50. The first-order valence-electron chi connectivity index (χ1n) is 4.84. The molecule has 1 atom stereocenters. The van der Waals surface area contributed by atoms with Gasteiger partial charge in [0, 0.05) is 6.08 Å². The Hall–Kier alpha value is -1.04. The maximum absolute atomic E-state index is 12.7. The Labute approximate surface area is 91.6 Å². The molecule has 0 radical (unpaired) electrons. The lowest BCUT2D eigenvalue weighted by Crippen LogP contribution is -2.44. The van der Waals surface area contributed by atoms with Crippen molar-refractivity contribution in [1.29, 1.82) is 0 Å². The molecule has 0 amide bonds. The number of hydrogen-bond acceptors (Lipinski definition) is 3. The van der Waals surface area contributed by atoms with E-state index in [4.69, 9.17) is 0 Å². The number of rotatable bonds is 2. The van der Waals surface area contributed by atoms with Gasteiger partial charge in [0.25, 0.3) is 5.72 Å². The van der Waals surface area contributed by atoms with E-state index in [1.807, 2.05) is 0 Å². The van der Waals surface area contributed by atoms with E-state index in [9.17, 15) is 18.3 Å². The van der Waals surface area contributed by atoms with Gasteiger partial charge >= 0.3 is 6.18 Å². The SMILES string of the molecule is COC1=NC(O)(C(F)(F)F)C(CC(C)C)=C1. The van der Waals surface area contributed by atoms with E-state index in [0.29, 0.717) is 0 Å².